The predicted molar refractivity (Wildman–Crippen MR) is 92.9 cm³/mol. The van der Waals surface area contributed by atoms with Crippen LogP contribution in [-0.4, -0.2) is 5.11 Å². The normalized spacial score (nSPS) is 11.1. The van der Waals surface area contributed by atoms with E-state index in [9.17, 15) is 5.11 Å². The summed E-state index contributed by atoms with van der Waals surface area (Å²) in [4.78, 5) is 0.891. The number of nitrogens with zero attached hydrogens (tertiary/aromatic N) is 1. The number of hydrogen-bond acceptors (Lipinski definition) is 3. The fourth-order valence-corrected chi connectivity index (χ4v) is 4.75. The second kappa shape index (κ2) is 5.39. The van der Waals surface area contributed by atoms with Crippen LogP contribution >= 0.6 is 34.3 Å². The Balaban J connectivity index is 1.92. The molecule has 0 fully saturated rings. The summed E-state index contributed by atoms with van der Waals surface area (Å²) in [7, 11) is 0. The number of hydrogen-bond donors (Lipinski definition) is 1. The summed E-state index contributed by atoms with van der Waals surface area (Å²) in [6.07, 6.45) is 0. The van der Waals surface area contributed by atoms with Crippen molar-refractivity contribution in [3.05, 3.63) is 65.0 Å². The zero-order chi connectivity index (χ0) is 15.1. The van der Waals surface area contributed by atoms with Gasteiger partial charge in [-0.25, -0.2) is 0 Å². The van der Waals surface area contributed by atoms with E-state index in [1.165, 1.54) is 0 Å². The molecule has 108 valence electrons. The average Bonchev–Trinajstić information content (AvgIpc) is 3.10. The van der Waals surface area contributed by atoms with Crippen molar-refractivity contribution < 1.29 is 9.51 Å². The lowest BCUT2D eigenvalue weighted by Gasteiger charge is -1.95. The van der Waals surface area contributed by atoms with Gasteiger partial charge in [0.2, 0.25) is 5.69 Å². The van der Waals surface area contributed by atoms with Gasteiger partial charge in [-0.3, -0.25) is 0 Å². The summed E-state index contributed by atoms with van der Waals surface area (Å²) in [6, 6.07) is 17.6. The van der Waals surface area contributed by atoms with Gasteiger partial charge in [-0.1, -0.05) is 53.3 Å². The minimum Gasteiger partial charge on any atom is -0.458 e. The van der Waals surface area contributed by atoms with E-state index in [1.807, 2.05) is 59.0 Å². The van der Waals surface area contributed by atoms with Crippen molar-refractivity contribution in [3.8, 4) is 27.6 Å². The summed E-state index contributed by atoms with van der Waals surface area (Å²) in [5.74, 6) is 0.289. The van der Waals surface area contributed by atoms with Crippen molar-refractivity contribution in [1.29, 1.82) is 0 Å². The molecule has 0 unspecified atom stereocenters. The van der Waals surface area contributed by atoms with E-state index >= 15 is 0 Å². The Kier molecular flexibility index (Phi) is 3.37. The molecule has 5 heteroatoms. The molecule has 2 aromatic heterocycles. The number of rotatable bonds is 2. The maximum atomic E-state index is 10.7. The number of halogens is 1. The number of thiazole rings is 2. The lowest BCUT2D eigenvalue weighted by molar-refractivity contribution is -0.501. The first-order valence-electron chi connectivity index (χ1n) is 6.70. The lowest BCUT2D eigenvalue weighted by atomic mass is 10.2. The van der Waals surface area contributed by atoms with Gasteiger partial charge in [0.15, 0.2) is 4.88 Å². The van der Waals surface area contributed by atoms with E-state index in [0.29, 0.717) is 5.02 Å². The number of fused-ring (bicyclic) bond motifs is 1. The summed E-state index contributed by atoms with van der Waals surface area (Å²) in [6.45, 7) is 0. The second-order valence-corrected chi connectivity index (χ2v) is 7.40. The van der Waals surface area contributed by atoms with Crippen molar-refractivity contribution >= 4 is 38.4 Å². The standard InChI is InChI=1S/C17H10ClNOS2/c18-13-8-6-11(7-9-13)14-10-21-17-19(14)16(20)15(22-17)12-4-2-1-3-5-12/h1-10H/p+1. The van der Waals surface area contributed by atoms with Crippen molar-refractivity contribution in [2.24, 2.45) is 0 Å². The Bertz CT molecular complexity index is 942. The molecule has 0 bridgehead atoms. The first-order chi connectivity index (χ1) is 10.7. The molecule has 0 spiro atoms. The van der Waals surface area contributed by atoms with Crippen LogP contribution in [-0.2, 0) is 0 Å². The topological polar surface area (TPSA) is 24.3 Å². The van der Waals surface area contributed by atoms with Crippen molar-refractivity contribution in [1.82, 2.24) is 0 Å². The number of aromatic nitrogens is 1. The molecule has 4 rings (SSSR count). The van der Waals surface area contributed by atoms with Crippen LogP contribution in [0, 0.1) is 0 Å². The van der Waals surface area contributed by atoms with Crippen LogP contribution in [0.1, 0.15) is 0 Å². The molecule has 0 amide bonds. The van der Waals surface area contributed by atoms with Crippen LogP contribution in [0.5, 0.6) is 5.88 Å². The first-order valence-corrected chi connectivity index (χ1v) is 8.78. The molecule has 22 heavy (non-hydrogen) atoms. The quantitative estimate of drug-likeness (QED) is 0.494. The molecular weight excluding hydrogens is 334 g/mol. The molecule has 0 aliphatic carbocycles. The van der Waals surface area contributed by atoms with E-state index in [1.54, 1.807) is 22.7 Å². The molecular formula is C17H11ClNOS2+. The van der Waals surface area contributed by atoms with Crippen LogP contribution in [0.2, 0.25) is 5.02 Å². The number of aromatic hydroxyl groups is 1. The SMILES string of the molecule is Oc1c(-c2ccccc2)sc2scc(-c3ccc(Cl)cc3)[n+]12. The Morgan fingerprint density at radius 1 is 0.909 bits per heavy atom. The smallest absolute Gasteiger partial charge is 0.391 e. The van der Waals surface area contributed by atoms with Crippen molar-refractivity contribution in [2.75, 3.05) is 0 Å². The van der Waals surface area contributed by atoms with Gasteiger partial charge in [0.25, 0.3) is 0 Å². The molecule has 1 N–H and O–H groups in total. The van der Waals surface area contributed by atoms with Crippen LogP contribution in [0.25, 0.3) is 25.8 Å². The van der Waals surface area contributed by atoms with Gasteiger partial charge in [-0.05, 0) is 35.6 Å². The zero-order valence-corrected chi connectivity index (χ0v) is 13.8. The van der Waals surface area contributed by atoms with Crippen LogP contribution in [0.15, 0.2) is 60.0 Å². The third-order valence-corrected chi connectivity index (χ3v) is 5.97. The Morgan fingerprint density at radius 3 is 2.36 bits per heavy atom. The van der Waals surface area contributed by atoms with E-state index < -0.39 is 0 Å². The molecule has 2 heterocycles. The van der Waals surface area contributed by atoms with Gasteiger partial charge >= 0.3 is 10.0 Å². The molecule has 2 nitrogen and oxygen atoms in total. The maximum absolute atomic E-state index is 10.7. The molecule has 0 aliphatic heterocycles. The highest BCUT2D eigenvalue weighted by molar-refractivity contribution is 7.36. The fourth-order valence-electron chi connectivity index (χ4n) is 2.41. The Labute approximate surface area is 140 Å². The zero-order valence-electron chi connectivity index (χ0n) is 11.4. The summed E-state index contributed by atoms with van der Waals surface area (Å²) < 4.78 is 2.96. The van der Waals surface area contributed by atoms with Gasteiger partial charge in [0.05, 0.1) is 5.38 Å². The minimum absolute atomic E-state index is 0.289. The first kappa shape index (κ1) is 13.8. The third-order valence-electron chi connectivity index (χ3n) is 3.48. The van der Waals surface area contributed by atoms with E-state index in [-0.39, 0.29) is 5.88 Å². The van der Waals surface area contributed by atoms with Crippen LogP contribution < -0.4 is 4.40 Å². The van der Waals surface area contributed by atoms with Gasteiger partial charge in [-0.2, -0.15) is 0 Å². The summed E-state index contributed by atoms with van der Waals surface area (Å²) in [5.41, 5.74) is 3.05. The summed E-state index contributed by atoms with van der Waals surface area (Å²) >= 11 is 9.19. The fraction of sp³-hybridized carbons (Fsp3) is 0. The molecule has 4 aromatic rings. The molecule has 0 saturated carbocycles. The van der Waals surface area contributed by atoms with Gasteiger partial charge < -0.3 is 5.11 Å². The van der Waals surface area contributed by atoms with Crippen molar-refractivity contribution in [2.45, 2.75) is 0 Å². The monoisotopic (exact) mass is 344 g/mol. The highest BCUT2D eigenvalue weighted by atomic mass is 35.5. The summed E-state index contributed by atoms with van der Waals surface area (Å²) in [5, 5.41) is 13.4. The van der Waals surface area contributed by atoms with Crippen LogP contribution in [0.3, 0.4) is 0 Å². The molecule has 0 radical (unpaired) electrons. The van der Waals surface area contributed by atoms with Gasteiger partial charge in [-0.15, -0.1) is 4.40 Å². The van der Waals surface area contributed by atoms with Crippen LogP contribution in [0.4, 0.5) is 0 Å². The highest BCUT2D eigenvalue weighted by Gasteiger charge is 2.27. The average molecular weight is 345 g/mol. The maximum Gasteiger partial charge on any atom is 0.391 e. The second-order valence-electron chi connectivity index (χ2n) is 4.85. The van der Waals surface area contributed by atoms with Gasteiger partial charge in [0, 0.05) is 16.1 Å². The van der Waals surface area contributed by atoms with Crippen molar-refractivity contribution in [3.63, 3.8) is 0 Å². The molecule has 2 aromatic carbocycles. The minimum atomic E-state index is 0.289. The molecule has 0 saturated heterocycles. The largest absolute Gasteiger partial charge is 0.458 e. The molecule has 0 aliphatic rings. The van der Waals surface area contributed by atoms with E-state index in [2.05, 4.69) is 5.38 Å². The third kappa shape index (κ3) is 2.20. The Morgan fingerprint density at radius 2 is 1.64 bits per heavy atom. The predicted octanol–water partition coefficient (Wildman–Crippen LogP) is 5.24. The lowest BCUT2D eigenvalue weighted by Crippen LogP contribution is -2.18. The Hall–Kier alpha value is -1.88. The molecule has 0 atom stereocenters. The highest BCUT2D eigenvalue weighted by Crippen LogP contribution is 2.38. The van der Waals surface area contributed by atoms with Gasteiger partial charge in [0.1, 0.15) is 0 Å². The number of benzene rings is 2. The van der Waals surface area contributed by atoms with E-state index in [0.717, 1.165) is 25.8 Å². The van der Waals surface area contributed by atoms with E-state index in [4.69, 9.17) is 11.6 Å².